The lowest BCUT2D eigenvalue weighted by atomic mass is 10.3. The molecule has 0 bridgehead atoms. The highest BCUT2D eigenvalue weighted by atomic mass is 15.4. The lowest BCUT2D eigenvalue weighted by Gasteiger charge is -2.02. The maximum Gasteiger partial charge on any atom is 0.231 e. The Balaban J connectivity index is 1.92. The molecule has 0 fully saturated rings. The number of hydrogen-bond donors (Lipinski definition) is 2. The van der Waals surface area contributed by atoms with Crippen LogP contribution in [0.4, 0.5) is 5.82 Å². The van der Waals surface area contributed by atoms with Crippen LogP contribution < -0.4 is 5.32 Å². The van der Waals surface area contributed by atoms with Crippen LogP contribution in [0.25, 0.3) is 28.0 Å². The van der Waals surface area contributed by atoms with Gasteiger partial charge in [-0.3, -0.25) is 0 Å². The number of nitrogens with one attached hydrogen (secondary N) is 2. The van der Waals surface area contributed by atoms with E-state index in [1.807, 2.05) is 31.2 Å². The molecule has 0 radical (unpaired) electrons. The molecule has 7 nitrogen and oxygen atoms in total. The van der Waals surface area contributed by atoms with Crippen LogP contribution in [0.3, 0.4) is 0 Å². The molecule has 4 rings (SSSR count). The molecule has 0 spiro atoms. The number of anilines is 1. The summed E-state index contributed by atoms with van der Waals surface area (Å²) in [5.41, 5.74) is 2.59. The molecule has 0 aliphatic heterocycles. The van der Waals surface area contributed by atoms with Crippen LogP contribution in [-0.2, 0) is 0 Å². The Hall–Kier alpha value is -2.96. The third-order valence-corrected chi connectivity index (χ3v) is 3.29. The minimum absolute atomic E-state index is 0.646. The fourth-order valence-corrected chi connectivity index (χ4v) is 2.35. The number of para-hydroxylation sites is 2. The highest BCUT2D eigenvalue weighted by molar-refractivity contribution is 5.87. The SMILES string of the molecule is CCNc1ncnc2c1cnn2-c1nc2ccccc2[nH]1. The van der Waals surface area contributed by atoms with Crippen molar-refractivity contribution in [3.63, 3.8) is 0 Å². The number of H-pyrrole nitrogens is 1. The fourth-order valence-electron chi connectivity index (χ4n) is 2.35. The normalized spacial score (nSPS) is 11.3. The van der Waals surface area contributed by atoms with E-state index in [1.165, 1.54) is 6.33 Å². The van der Waals surface area contributed by atoms with E-state index in [0.717, 1.165) is 34.4 Å². The van der Waals surface area contributed by atoms with E-state index in [1.54, 1.807) is 10.9 Å². The van der Waals surface area contributed by atoms with Crippen molar-refractivity contribution in [1.82, 2.24) is 29.7 Å². The topological polar surface area (TPSA) is 84.3 Å². The van der Waals surface area contributed by atoms with Crippen LogP contribution in [-0.4, -0.2) is 36.3 Å². The van der Waals surface area contributed by atoms with Crippen LogP contribution in [0.1, 0.15) is 6.92 Å². The Morgan fingerprint density at radius 3 is 3.00 bits per heavy atom. The molecular weight excluding hydrogens is 266 g/mol. The number of fused-ring (bicyclic) bond motifs is 2. The van der Waals surface area contributed by atoms with Crippen molar-refractivity contribution in [1.29, 1.82) is 0 Å². The van der Waals surface area contributed by atoms with Crippen molar-refractivity contribution < 1.29 is 0 Å². The Morgan fingerprint density at radius 2 is 2.14 bits per heavy atom. The molecule has 0 aliphatic rings. The summed E-state index contributed by atoms with van der Waals surface area (Å²) in [5.74, 6) is 1.43. The number of benzene rings is 1. The monoisotopic (exact) mass is 279 g/mol. The van der Waals surface area contributed by atoms with Gasteiger partial charge in [-0.2, -0.15) is 9.78 Å². The van der Waals surface area contributed by atoms with Crippen LogP contribution >= 0.6 is 0 Å². The number of rotatable bonds is 3. The Morgan fingerprint density at radius 1 is 1.24 bits per heavy atom. The summed E-state index contributed by atoms with van der Waals surface area (Å²) < 4.78 is 1.69. The molecule has 7 heteroatoms. The second-order valence-corrected chi connectivity index (χ2v) is 4.62. The summed E-state index contributed by atoms with van der Waals surface area (Å²) in [6.45, 7) is 2.82. The van der Waals surface area contributed by atoms with Gasteiger partial charge in [-0.05, 0) is 19.1 Å². The molecule has 0 saturated heterocycles. The van der Waals surface area contributed by atoms with E-state index < -0.39 is 0 Å². The quantitative estimate of drug-likeness (QED) is 0.600. The number of hydrogen-bond acceptors (Lipinski definition) is 5. The molecule has 0 amide bonds. The summed E-state index contributed by atoms with van der Waals surface area (Å²) in [6, 6.07) is 7.87. The van der Waals surface area contributed by atoms with Gasteiger partial charge < -0.3 is 10.3 Å². The van der Waals surface area contributed by atoms with Crippen molar-refractivity contribution >= 4 is 27.9 Å². The lowest BCUT2D eigenvalue weighted by molar-refractivity contribution is 0.844. The maximum atomic E-state index is 4.55. The molecule has 1 aromatic carbocycles. The summed E-state index contributed by atoms with van der Waals surface area (Å²) in [5, 5.41) is 8.47. The van der Waals surface area contributed by atoms with Gasteiger partial charge in [-0.1, -0.05) is 12.1 Å². The number of aromatic amines is 1. The zero-order valence-electron chi connectivity index (χ0n) is 11.4. The van der Waals surface area contributed by atoms with Gasteiger partial charge in [-0.15, -0.1) is 0 Å². The first kappa shape index (κ1) is 11.8. The summed E-state index contributed by atoms with van der Waals surface area (Å²) in [7, 11) is 0. The molecule has 3 heterocycles. The van der Waals surface area contributed by atoms with Crippen molar-refractivity contribution in [2.24, 2.45) is 0 Å². The zero-order chi connectivity index (χ0) is 14.2. The molecule has 104 valence electrons. The van der Waals surface area contributed by atoms with Crippen LogP contribution in [0, 0.1) is 0 Å². The molecule has 3 aromatic heterocycles. The molecule has 0 aliphatic carbocycles. The summed E-state index contributed by atoms with van der Waals surface area (Å²) in [6.07, 6.45) is 3.28. The second kappa shape index (κ2) is 4.55. The smallest absolute Gasteiger partial charge is 0.231 e. The first-order valence-electron chi connectivity index (χ1n) is 6.74. The Kier molecular flexibility index (Phi) is 2.56. The molecule has 0 unspecified atom stereocenters. The highest BCUT2D eigenvalue weighted by Gasteiger charge is 2.13. The van der Waals surface area contributed by atoms with Crippen molar-refractivity contribution in [3.8, 4) is 5.95 Å². The zero-order valence-corrected chi connectivity index (χ0v) is 11.4. The first-order valence-corrected chi connectivity index (χ1v) is 6.74. The van der Waals surface area contributed by atoms with E-state index in [9.17, 15) is 0 Å². The molecular formula is C14H13N7. The Bertz CT molecular complexity index is 888. The minimum atomic E-state index is 0.646. The van der Waals surface area contributed by atoms with Crippen molar-refractivity contribution in [3.05, 3.63) is 36.8 Å². The Labute approximate surface area is 120 Å². The van der Waals surface area contributed by atoms with Gasteiger partial charge >= 0.3 is 0 Å². The van der Waals surface area contributed by atoms with Gasteiger partial charge in [0, 0.05) is 6.54 Å². The van der Waals surface area contributed by atoms with Gasteiger partial charge in [0.15, 0.2) is 5.65 Å². The number of aromatic nitrogens is 6. The average molecular weight is 279 g/mol. The molecule has 0 atom stereocenters. The van der Waals surface area contributed by atoms with Crippen molar-refractivity contribution in [2.75, 3.05) is 11.9 Å². The number of imidazole rings is 1. The van der Waals surface area contributed by atoms with Gasteiger partial charge in [0.1, 0.15) is 12.1 Å². The van der Waals surface area contributed by atoms with Crippen LogP contribution in [0.2, 0.25) is 0 Å². The molecule has 2 N–H and O–H groups in total. The van der Waals surface area contributed by atoms with Gasteiger partial charge in [0.05, 0.1) is 22.6 Å². The molecule has 0 saturated carbocycles. The first-order chi connectivity index (χ1) is 10.4. The van der Waals surface area contributed by atoms with E-state index in [-0.39, 0.29) is 0 Å². The third-order valence-electron chi connectivity index (χ3n) is 3.29. The van der Waals surface area contributed by atoms with Gasteiger partial charge in [0.2, 0.25) is 5.95 Å². The predicted octanol–water partition coefficient (Wildman–Crippen LogP) is 2.12. The fraction of sp³-hybridized carbons (Fsp3) is 0.143. The van der Waals surface area contributed by atoms with E-state index in [0.29, 0.717) is 5.95 Å². The van der Waals surface area contributed by atoms with Crippen LogP contribution in [0.5, 0.6) is 0 Å². The third kappa shape index (κ3) is 1.82. The lowest BCUT2D eigenvalue weighted by Crippen LogP contribution is -2.02. The second-order valence-electron chi connectivity index (χ2n) is 4.62. The van der Waals surface area contributed by atoms with E-state index >= 15 is 0 Å². The van der Waals surface area contributed by atoms with Gasteiger partial charge in [0.25, 0.3) is 0 Å². The molecule has 4 aromatic rings. The maximum absolute atomic E-state index is 4.55. The average Bonchev–Trinajstić information content (AvgIpc) is 3.11. The molecule has 21 heavy (non-hydrogen) atoms. The summed E-state index contributed by atoms with van der Waals surface area (Å²) >= 11 is 0. The standard InChI is InChI=1S/C14H13N7/c1-2-15-12-9-7-18-21(13(9)17-8-16-12)14-19-10-5-3-4-6-11(10)20-14/h3-8H,2H2,1H3,(H,19,20)(H,15,16,17). The van der Waals surface area contributed by atoms with E-state index in [2.05, 4.69) is 30.4 Å². The largest absolute Gasteiger partial charge is 0.370 e. The summed E-state index contributed by atoms with van der Waals surface area (Å²) in [4.78, 5) is 16.4. The highest BCUT2D eigenvalue weighted by Crippen LogP contribution is 2.21. The number of nitrogens with zero attached hydrogens (tertiary/aromatic N) is 5. The van der Waals surface area contributed by atoms with E-state index in [4.69, 9.17) is 0 Å². The van der Waals surface area contributed by atoms with Crippen molar-refractivity contribution in [2.45, 2.75) is 6.92 Å². The van der Waals surface area contributed by atoms with Crippen LogP contribution in [0.15, 0.2) is 36.8 Å². The minimum Gasteiger partial charge on any atom is -0.370 e. The predicted molar refractivity (Wildman–Crippen MR) is 80.5 cm³/mol. The van der Waals surface area contributed by atoms with Gasteiger partial charge in [-0.25, -0.2) is 15.0 Å².